The maximum atomic E-state index is 8.55. The Morgan fingerprint density at radius 3 is 2.12 bits per heavy atom. The Labute approximate surface area is 50.2 Å². The first-order valence-corrected chi connectivity index (χ1v) is 3.06. The van der Waals surface area contributed by atoms with E-state index in [2.05, 4.69) is 0 Å². The number of aliphatic hydroxyl groups is 2. The van der Waals surface area contributed by atoms with Gasteiger partial charge in [-0.05, 0) is 12.3 Å². The predicted molar refractivity (Wildman–Crippen MR) is 32.6 cm³/mol. The van der Waals surface area contributed by atoms with Crippen molar-refractivity contribution in [2.75, 3.05) is 13.2 Å². The van der Waals surface area contributed by atoms with Gasteiger partial charge in [-0.3, -0.25) is 0 Å². The van der Waals surface area contributed by atoms with E-state index in [1.807, 2.05) is 6.92 Å². The van der Waals surface area contributed by atoms with Crippen LogP contribution in [0.1, 0.15) is 19.8 Å². The minimum absolute atomic E-state index is 0.194. The Morgan fingerprint density at radius 1 is 1.38 bits per heavy atom. The number of hydrogen-bond donors (Lipinski definition) is 2. The molecule has 0 aromatic carbocycles. The molecule has 2 heteroatoms. The van der Waals surface area contributed by atoms with Gasteiger partial charge < -0.3 is 10.2 Å². The van der Waals surface area contributed by atoms with Crippen molar-refractivity contribution in [2.24, 2.45) is 5.92 Å². The largest absolute Gasteiger partial charge is 0.396 e. The highest BCUT2D eigenvalue weighted by Crippen LogP contribution is 2.04. The molecular weight excluding hydrogens is 104 g/mol. The normalized spacial score (nSPS) is 13.9. The highest BCUT2D eigenvalue weighted by atomic mass is 16.3. The molecular formula is C6H14O2. The summed E-state index contributed by atoms with van der Waals surface area (Å²) in [5.74, 6) is 0.306. The fourth-order valence-corrected chi connectivity index (χ4v) is 0.607. The standard InChI is InChI=1S/C6H14O2/c1-2-6(5-8)3-4-7/h6-8H,2-5H2,1H3. The lowest BCUT2D eigenvalue weighted by Crippen LogP contribution is -2.05. The van der Waals surface area contributed by atoms with Gasteiger partial charge in [0.05, 0.1) is 0 Å². The topological polar surface area (TPSA) is 40.5 Å². The highest BCUT2D eigenvalue weighted by molar-refractivity contribution is 4.52. The third-order valence-corrected chi connectivity index (χ3v) is 1.37. The first kappa shape index (κ1) is 7.92. The fourth-order valence-electron chi connectivity index (χ4n) is 0.607. The maximum Gasteiger partial charge on any atom is 0.0460 e. The third kappa shape index (κ3) is 2.99. The van der Waals surface area contributed by atoms with Crippen molar-refractivity contribution in [2.45, 2.75) is 19.8 Å². The highest BCUT2D eigenvalue weighted by Gasteiger charge is 2.00. The Kier molecular flexibility index (Phi) is 5.01. The van der Waals surface area contributed by atoms with Crippen molar-refractivity contribution in [3.8, 4) is 0 Å². The summed E-state index contributed by atoms with van der Waals surface area (Å²) in [6.45, 7) is 2.41. The van der Waals surface area contributed by atoms with Crippen LogP contribution < -0.4 is 0 Å². The summed E-state index contributed by atoms with van der Waals surface area (Å²) in [5.41, 5.74) is 0. The van der Waals surface area contributed by atoms with E-state index in [0.717, 1.165) is 12.8 Å². The van der Waals surface area contributed by atoms with Crippen LogP contribution in [0.5, 0.6) is 0 Å². The van der Waals surface area contributed by atoms with Crippen LogP contribution in [0.15, 0.2) is 0 Å². The maximum absolute atomic E-state index is 8.55. The van der Waals surface area contributed by atoms with Crippen LogP contribution in [0.3, 0.4) is 0 Å². The van der Waals surface area contributed by atoms with E-state index in [4.69, 9.17) is 10.2 Å². The molecule has 0 heterocycles. The number of aliphatic hydroxyl groups excluding tert-OH is 2. The Balaban J connectivity index is 3.07. The second-order valence-corrected chi connectivity index (χ2v) is 1.97. The average molecular weight is 118 g/mol. The van der Waals surface area contributed by atoms with Crippen LogP contribution in [-0.4, -0.2) is 23.4 Å². The van der Waals surface area contributed by atoms with Gasteiger partial charge in [-0.2, -0.15) is 0 Å². The molecule has 0 aliphatic rings. The SMILES string of the molecule is CCC(CO)CCO. The fraction of sp³-hybridized carbons (Fsp3) is 1.00. The molecule has 2 nitrogen and oxygen atoms in total. The lowest BCUT2D eigenvalue weighted by atomic mass is 10.1. The van der Waals surface area contributed by atoms with Gasteiger partial charge in [0.15, 0.2) is 0 Å². The molecule has 1 atom stereocenters. The molecule has 50 valence electrons. The van der Waals surface area contributed by atoms with Gasteiger partial charge in [-0.25, -0.2) is 0 Å². The van der Waals surface area contributed by atoms with E-state index in [9.17, 15) is 0 Å². The van der Waals surface area contributed by atoms with Gasteiger partial charge in [0.2, 0.25) is 0 Å². The molecule has 0 radical (unpaired) electrons. The van der Waals surface area contributed by atoms with Gasteiger partial charge in [0.25, 0.3) is 0 Å². The minimum atomic E-state index is 0.194. The summed E-state index contributed by atoms with van der Waals surface area (Å²) < 4.78 is 0. The summed E-state index contributed by atoms with van der Waals surface area (Å²) in [5, 5.41) is 16.9. The summed E-state index contributed by atoms with van der Waals surface area (Å²) in [6.07, 6.45) is 1.68. The van der Waals surface area contributed by atoms with Crippen molar-refractivity contribution in [3.05, 3.63) is 0 Å². The predicted octanol–water partition coefficient (Wildman–Crippen LogP) is 0.387. The monoisotopic (exact) mass is 118 g/mol. The van der Waals surface area contributed by atoms with E-state index in [1.54, 1.807) is 0 Å². The zero-order chi connectivity index (χ0) is 6.41. The van der Waals surface area contributed by atoms with Crippen LogP contribution in [-0.2, 0) is 0 Å². The first-order chi connectivity index (χ1) is 3.85. The molecule has 1 unspecified atom stereocenters. The average Bonchev–Trinajstić information content (AvgIpc) is 1.83. The molecule has 0 aliphatic carbocycles. The zero-order valence-electron chi connectivity index (χ0n) is 5.30. The molecule has 0 fully saturated rings. The van der Waals surface area contributed by atoms with Gasteiger partial charge in [0, 0.05) is 13.2 Å². The molecule has 0 bridgehead atoms. The van der Waals surface area contributed by atoms with Crippen LogP contribution in [0, 0.1) is 5.92 Å². The summed E-state index contributed by atoms with van der Waals surface area (Å²) >= 11 is 0. The van der Waals surface area contributed by atoms with E-state index in [1.165, 1.54) is 0 Å². The van der Waals surface area contributed by atoms with Gasteiger partial charge >= 0.3 is 0 Å². The Hall–Kier alpha value is -0.0800. The van der Waals surface area contributed by atoms with Crippen molar-refractivity contribution in [1.29, 1.82) is 0 Å². The molecule has 0 rings (SSSR count). The second kappa shape index (κ2) is 5.06. The van der Waals surface area contributed by atoms with Crippen LogP contribution in [0.25, 0.3) is 0 Å². The van der Waals surface area contributed by atoms with Crippen molar-refractivity contribution < 1.29 is 10.2 Å². The molecule has 0 saturated heterocycles. The molecule has 0 spiro atoms. The Morgan fingerprint density at radius 2 is 2.00 bits per heavy atom. The molecule has 0 aliphatic heterocycles. The molecule has 8 heavy (non-hydrogen) atoms. The van der Waals surface area contributed by atoms with Gasteiger partial charge in [-0.1, -0.05) is 13.3 Å². The lowest BCUT2D eigenvalue weighted by molar-refractivity contribution is 0.180. The molecule has 0 aromatic heterocycles. The van der Waals surface area contributed by atoms with Crippen LogP contribution in [0.4, 0.5) is 0 Å². The van der Waals surface area contributed by atoms with Crippen molar-refractivity contribution in [1.82, 2.24) is 0 Å². The van der Waals surface area contributed by atoms with Crippen molar-refractivity contribution in [3.63, 3.8) is 0 Å². The van der Waals surface area contributed by atoms with E-state index in [-0.39, 0.29) is 13.2 Å². The number of rotatable bonds is 4. The Bertz CT molecular complexity index is 41.8. The van der Waals surface area contributed by atoms with Crippen LogP contribution in [0.2, 0.25) is 0 Å². The molecule has 2 N–H and O–H groups in total. The lowest BCUT2D eigenvalue weighted by Gasteiger charge is -2.06. The molecule has 0 amide bonds. The van der Waals surface area contributed by atoms with E-state index >= 15 is 0 Å². The zero-order valence-corrected chi connectivity index (χ0v) is 5.30. The number of hydrogen-bond acceptors (Lipinski definition) is 2. The van der Waals surface area contributed by atoms with Gasteiger partial charge in [-0.15, -0.1) is 0 Å². The van der Waals surface area contributed by atoms with Crippen molar-refractivity contribution >= 4 is 0 Å². The van der Waals surface area contributed by atoms with Gasteiger partial charge in [0.1, 0.15) is 0 Å². The summed E-state index contributed by atoms with van der Waals surface area (Å²) in [6, 6.07) is 0. The summed E-state index contributed by atoms with van der Waals surface area (Å²) in [7, 11) is 0. The first-order valence-electron chi connectivity index (χ1n) is 3.06. The minimum Gasteiger partial charge on any atom is -0.396 e. The van der Waals surface area contributed by atoms with E-state index < -0.39 is 0 Å². The smallest absolute Gasteiger partial charge is 0.0460 e. The quantitative estimate of drug-likeness (QED) is 0.560. The molecule has 0 saturated carbocycles. The van der Waals surface area contributed by atoms with E-state index in [0.29, 0.717) is 5.92 Å². The third-order valence-electron chi connectivity index (χ3n) is 1.37. The van der Waals surface area contributed by atoms with Crippen LogP contribution >= 0.6 is 0 Å². The summed E-state index contributed by atoms with van der Waals surface area (Å²) in [4.78, 5) is 0. The molecule has 0 aromatic rings. The second-order valence-electron chi connectivity index (χ2n) is 1.97.